The van der Waals surface area contributed by atoms with Crippen molar-refractivity contribution in [2.45, 2.75) is 13.1 Å². The second kappa shape index (κ2) is 4.09. The second-order valence-corrected chi connectivity index (χ2v) is 4.51. The van der Waals surface area contributed by atoms with Gasteiger partial charge in [-0.2, -0.15) is 23.0 Å². The Morgan fingerprint density at radius 1 is 1.50 bits per heavy atom. The van der Waals surface area contributed by atoms with E-state index in [-0.39, 0.29) is 15.7 Å². The van der Waals surface area contributed by atoms with Crippen LogP contribution in [0.3, 0.4) is 0 Å². The zero-order valence-electron chi connectivity index (χ0n) is 8.89. The number of rotatable bonds is 2. The SMILES string of the molecule is Cc1sc(-n2nccc2C(=O)O)nc1C(F)(F)F. The van der Waals surface area contributed by atoms with Gasteiger partial charge in [0.25, 0.3) is 0 Å². The number of thiazole rings is 1. The average molecular weight is 277 g/mol. The molecule has 0 amide bonds. The van der Waals surface area contributed by atoms with E-state index in [4.69, 9.17) is 5.11 Å². The second-order valence-electron chi connectivity index (χ2n) is 3.33. The van der Waals surface area contributed by atoms with Crippen molar-refractivity contribution in [2.24, 2.45) is 0 Å². The average Bonchev–Trinajstić information content (AvgIpc) is 2.80. The third-order valence-corrected chi connectivity index (χ3v) is 3.04. The number of halogens is 3. The predicted molar refractivity (Wildman–Crippen MR) is 55.9 cm³/mol. The van der Waals surface area contributed by atoms with Crippen LogP contribution in [0.2, 0.25) is 0 Å². The summed E-state index contributed by atoms with van der Waals surface area (Å²) < 4.78 is 38.6. The van der Waals surface area contributed by atoms with Gasteiger partial charge < -0.3 is 5.11 Å². The van der Waals surface area contributed by atoms with Crippen molar-refractivity contribution in [3.05, 3.63) is 28.5 Å². The molecule has 96 valence electrons. The van der Waals surface area contributed by atoms with Crippen LogP contribution < -0.4 is 0 Å². The van der Waals surface area contributed by atoms with Crippen molar-refractivity contribution in [1.29, 1.82) is 0 Å². The van der Waals surface area contributed by atoms with E-state index in [1.54, 1.807) is 0 Å². The van der Waals surface area contributed by atoms with Crippen molar-refractivity contribution in [1.82, 2.24) is 14.8 Å². The Bertz CT molecular complexity index is 602. The normalized spacial score (nSPS) is 11.8. The molecule has 2 aromatic rings. The van der Waals surface area contributed by atoms with Gasteiger partial charge in [-0.15, -0.1) is 0 Å². The van der Waals surface area contributed by atoms with E-state index in [1.807, 2.05) is 0 Å². The molecule has 0 saturated carbocycles. The smallest absolute Gasteiger partial charge is 0.434 e. The first-order valence-corrected chi connectivity index (χ1v) is 5.44. The Morgan fingerprint density at radius 3 is 2.67 bits per heavy atom. The fraction of sp³-hybridized carbons (Fsp3) is 0.222. The number of nitrogens with zero attached hydrogens (tertiary/aromatic N) is 3. The van der Waals surface area contributed by atoms with Gasteiger partial charge >= 0.3 is 12.1 Å². The van der Waals surface area contributed by atoms with Crippen LogP contribution in [0.15, 0.2) is 12.3 Å². The first-order chi connectivity index (χ1) is 8.30. The Hall–Kier alpha value is -1.90. The maximum atomic E-state index is 12.6. The van der Waals surface area contributed by atoms with E-state index in [2.05, 4.69) is 10.1 Å². The largest absolute Gasteiger partial charge is 0.477 e. The maximum Gasteiger partial charge on any atom is 0.434 e. The molecule has 0 saturated heterocycles. The first-order valence-electron chi connectivity index (χ1n) is 4.63. The molecule has 0 unspecified atom stereocenters. The zero-order chi connectivity index (χ0) is 13.5. The Morgan fingerprint density at radius 2 is 2.17 bits per heavy atom. The predicted octanol–water partition coefficient (Wildman–Crippen LogP) is 2.35. The lowest BCUT2D eigenvalue weighted by Gasteiger charge is -2.02. The van der Waals surface area contributed by atoms with Crippen molar-refractivity contribution >= 4 is 17.3 Å². The molecule has 0 aromatic carbocycles. The lowest BCUT2D eigenvalue weighted by atomic mass is 10.4. The summed E-state index contributed by atoms with van der Waals surface area (Å²) in [6.45, 7) is 1.27. The summed E-state index contributed by atoms with van der Waals surface area (Å²) in [6.07, 6.45) is -3.37. The summed E-state index contributed by atoms with van der Waals surface area (Å²) in [7, 11) is 0. The van der Waals surface area contributed by atoms with E-state index >= 15 is 0 Å². The van der Waals surface area contributed by atoms with Gasteiger partial charge in [-0.05, 0) is 13.0 Å². The highest BCUT2D eigenvalue weighted by atomic mass is 32.1. The molecule has 9 heteroatoms. The number of carboxylic acids is 1. The van der Waals surface area contributed by atoms with E-state index in [0.717, 1.165) is 16.0 Å². The molecule has 18 heavy (non-hydrogen) atoms. The minimum absolute atomic E-state index is 0.0376. The van der Waals surface area contributed by atoms with Crippen molar-refractivity contribution in [2.75, 3.05) is 0 Å². The minimum atomic E-state index is -4.56. The zero-order valence-corrected chi connectivity index (χ0v) is 9.71. The van der Waals surface area contributed by atoms with Crippen LogP contribution in [-0.2, 0) is 6.18 Å². The van der Waals surface area contributed by atoms with Crippen molar-refractivity contribution in [3.63, 3.8) is 0 Å². The molecule has 1 N–H and O–H groups in total. The third kappa shape index (κ3) is 2.08. The van der Waals surface area contributed by atoms with Crippen LogP contribution in [0.5, 0.6) is 0 Å². The molecule has 0 fully saturated rings. The van der Waals surface area contributed by atoms with Gasteiger partial charge in [0, 0.05) is 4.88 Å². The first kappa shape index (κ1) is 12.6. The van der Waals surface area contributed by atoms with Gasteiger partial charge in [0.15, 0.2) is 11.4 Å². The number of aromatic nitrogens is 3. The number of carbonyl (C=O) groups is 1. The Labute approximate surface area is 103 Å². The highest BCUT2D eigenvalue weighted by molar-refractivity contribution is 7.14. The van der Waals surface area contributed by atoms with Gasteiger partial charge in [-0.1, -0.05) is 11.3 Å². The Balaban J connectivity index is 2.53. The van der Waals surface area contributed by atoms with Crippen LogP contribution in [0.1, 0.15) is 21.1 Å². The van der Waals surface area contributed by atoms with Gasteiger partial charge in [-0.25, -0.2) is 9.78 Å². The molecule has 0 aliphatic rings. The molecule has 0 bridgehead atoms. The van der Waals surface area contributed by atoms with Crippen LogP contribution in [-0.4, -0.2) is 25.8 Å². The summed E-state index contributed by atoms with van der Waals surface area (Å²) in [4.78, 5) is 14.2. The molecule has 0 atom stereocenters. The summed E-state index contributed by atoms with van der Waals surface area (Å²) in [5, 5.41) is 12.4. The topological polar surface area (TPSA) is 68.0 Å². The third-order valence-electron chi connectivity index (χ3n) is 2.10. The monoisotopic (exact) mass is 277 g/mol. The molecule has 0 aliphatic carbocycles. The Kier molecular flexibility index (Phi) is 2.85. The molecule has 0 radical (unpaired) electrons. The fourth-order valence-corrected chi connectivity index (χ4v) is 2.25. The van der Waals surface area contributed by atoms with Crippen LogP contribution >= 0.6 is 11.3 Å². The van der Waals surface area contributed by atoms with Gasteiger partial charge in [0.05, 0.1) is 6.20 Å². The summed E-state index contributed by atoms with van der Waals surface area (Å²) in [5.74, 6) is -1.28. The molecule has 2 heterocycles. The number of hydrogen-bond donors (Lipinski definition) is 1. The number of alkyl halides is 3. The highest BCUT2D eigenvalue weighted by Crippen LogP contribution is 2.34. The van der Waals surface area contributed by atoms with E-state index in [9.17, 15) is 18.0 Å². The summed E-state index contributed by atoms with van der Waals surface area (Å²) in [5.41, 5.74) is -1.26. The number of hydrogen-bond acceptors (Lipinski definition) is 4. The quantitative estimate of drug-likeness (QED) is 0.915. The molecular formula is C9H6F3N3O2S. The van der Waals surface area contributed by atoms with Gasteiger partial charge in [0.2, 0.25) is 5.13 Å². The number of aryl methyl sites for hydroxylation is 1. The van der Waals surface area contributed by atoms with Crippen molar-refractivity contribution in [3.8, 4) is 5.13 Å². The fourth-order valence-electron chi connectivity index (χ4n) is 1.35. The van der Waals surface area contributed by atoms with E-state index in [0.29, 0.717) is 0 Å². The maximum absolute atomic E-state index is 12.6. The molecule has 5 nitrogen and oxygen atoms in total. The van der Waals surface area contributed by atoms with Crippen LogP contribution in [0, 0.1) is 6.92 Å². The van der Waals surface area contributed by atoms with Gasteiger partial charge in [0.1, 0.15) is 0 Å². The minimum Gasteiger partial charge on any atom is -0.477 e. The lowest BCUT2D eigenvalue weighted by Crippen LogP contribution is -2.10. The highest BCUT2D eigenvalue weighted by Gasteiger charge is 2.36. The van der Waals surface area contributed by atoms with Crippen molar-refractivity contribution < 1.29 is 23.1 Å². The van der Waals surface area contributed by atoms with E-state index in [1.165, 1.54) is 19.2 Å². The molecule has 0 aliphatic heterocycles. The van der Waals surface area contributed by atoms with Crippen LogP contribution in [0.4, 0.5) is 13.2 Å². The summed E-state index contributed by atoms with van der Waals surface area (Å²) in [6, 6.07) is 1.19. The van der Waals surface area contributed by atoms with E-state index < -0.39 is 17.8 Å². The van der Waals surface area contributed by atoms with Crippen LogP contribution in [0.25, 0.3) is 5.13 Å². The molecular weight excluding hydrogens is 271 g/mol. The number of carboxylic acid groups (broad SMARTS) is 1. The number of aromatic carboxylic acids is 1. The molecule has 2 rings (SSSR count). The molecule has 2 aromatic heterocycles. The standard InChI is InChI=1S/C9H6F3N3O2S/c1-4-6(9(10,11)12)14-8(18-4)15-5(7(16)17)2-3-13-15/h2-3H,1H3,(H,16,17). The molecule has 0 spiro atoms. The summed E-state index contributed by atoms with van der Waals surface area (Å²) >= 11 is 0.737. The lowest BCUT2D eigenvalue weighted by molar-refractivity contribution is -0.141. The van der Waals surface area contributed by atoms with Gasteiger partial charge in [-0.3, -0.25) is 0 Å².